The van der Waals surface area contributed by atoms with Crippen LogP contribution in [0.25, 0.3) is 11.8 Å². The first-order valence-electron chi connectivity index (χ1n) is 9.93. The van der Waals surface area contributed by atoms with E-state index >= 15 is 0 Å². The van der Waals surface area contributed by atoms with Crippen LogP contribution in [0.2, 0.25) is 5.02 Å². The third kappa shape index (κ3) is 3.94. The molecule has 0 spiro atoms. The number of rotatable bonds is 5. The number of methoxy groups -OCH3 is 1. The Morgan fingerprint density at radius 1 is 1.20 bits per heavy atom. The molecule has 0 aliphatic carbocycles. The number of hydrogen-bond donors (Lipinski definition) is 0. The molecule has 0 saturated carbocycles. The molecule has 0 fully saturated rings. The van der Waals surface area contributed by atoms with Crippen LogP contribution in [0.15, 0.2) is 47.2 Å². The average Bonchev–Trinajstić information content (AvgIpc) is 3.08. The van der Waals surface area contributed by atoms with Crippen molar-refractivity contribution in [3.05, 3.63) is 69.1 Å². The molecule has 0 N–H and O–H groups in total. The molecule has 1 aliphatic heterocycles. The van der Waals surface area contributed by atoms with Gasteiger partial charge in [0.15, 0.2) is 0 Å². The zero-order chi connectivity index (χ0) is 22.2. The van der Waals surface area contributed by atoms with E-state index in [4.69, 9.17) is 16.3 Å². The summed E-state index contributed by atoms with van der Waals surface area (Å²) in [4.78, 5) is 27.4. The Labute approximate surface area is 182 Å². The molecule has 6 heteroatoms. The molecule has 3 rings (SSSR count). The zero-order valence-corrected chi connectivity index (χ0v) is 19.0. The third-order valence-electron chi connectivity index (χ3n) is 5.29. The Morgan fingerprint density at radius 2 is 1.90 bits per heavy atom. The predicted molar refractivity (Wildman–Crippen MR) is 119 cm³/mol. The van der Waals surface area contributed by atoms with Crippen LogP contribution in [0.4, 0.5) is 0 Å². The van der Waals surface area contributed by atoms with Gasteiger partial charge in [0, 0.05) is 34.3 Å². The topological polar surface area (TPSA) is 51.5 Å². The highest BCUT2D eigenvalue weighted by atomic mass is 35.5. The van der Waals surface area contributed by atoms with Crippen LogP contribution in [-0.2, 0) is 14.3 Å². The molecule has 158 valence electrons. The van der Waals surface area contributed by atoms with Crippen LogP contribution in [0.1, 0.15) is 37.7 Å². The summed E-state index contributed by atoms with van der Waals surface area (Å²) in [5.74, 6) is -0.397. The van der Waals surface area contributed by atoms with Gasteiger partial charge in [-0.3, -0.25) is 4.79 Å². The second-order valence-electron chi connectivity index (χ2n) is 7.96. The normalized spacial score (nSPS) is 15.7. The first-order chi connectivity index (χ1) is 14.1. The maximum atomic E-state index is 13.2. The number of carbonyl (C=O) groups is 2. The lowest BCUT2D eigenvalue weighted by atomic mass is 10.0. The molecule has 0 radical (unpaired) electrons. The number of benzene rings is 1. The van der Waals surface area contributed by atoms with Gasteiger partial charge in [-0.2, -0.15) is 0 Å². The number of aromatic nitrogens is 1. The molecular formula is C24H27ClN2O3. The highest BCUT2D eigenvalue weighted by molar-refractivity contribution is 6.30. The third-order valence-corrected chi connectivity index (χ3v) is 5.52. The summed E-state index contributed by atoms with van der Waals surface area (Å²) in [6.45, 7) is 10.4. The predicted octanol–water partition coefficient (Wildman–Crippen LogP) is 5.08. The molecular weight excluding hydrogens is 400 g/mol. The van der Waals surface area contributed by atoms with Crippen molar-refractivity contribution in [2.45, 2.75) is 34.6 Å². The van der Waals surface area contributed by atoms with E-state index in [2.05, 4.69) is 4.57 Å². The van der Waals surface area contributed by atoms with Gasteiger partial charge in [-0.25, -0.2) is 4.79 Å². The number of amides is 1. The fourth-order valence-corrected chi connectivity index (χ4v) is 4.10. The molecule has 1 aliphatic rings. The maximum Gasteiger partial charge on any atom is 0.340 e. The Balaban J connectivity index is 2.12. The standard InChI is InChI=1S/C24H27ClN2O3/c1-14(2)13-26-17(5)22(24(29)30-6)21(23(26)28)11-18-10-15(3)27(16(18)4)20-9-7-8-19(25)12-20/h7-12,14H,13H2,1-6H3. The number of esters is 1. The number of hydrogen-bond acceptors (Lipinski definition) is 3. The Kier molecular flexibility index (Phi) is 6.22. The van der Waals surface area contributed by atoms with E-state index in [0.29, 0.717) is 28.4 Å². The molecule has 1 amide bonds. The lowest BCUT2D eigenvalue weighted by Gasteiger charge is -2.19. The summed E-state index contributed by atoms with van der Waals surface area (Å²) in [5.41, 5.74) is 5.11. The number of nitrogens with zero attached hydrogens (tertiary/aromatic N) is 2. The van der Waals surface area contributed by atoms with E-state index in [0.717, 1.165) is 22.6 Å². The molecule has 30 heavy (non-hydrogen) atoms. The summed E-state index contributed by atoms with van der Waals surface area (Å²) in [6, 6.07) is 9.62. The highest BCUT2D eigenvalue weighted by Gasteiger charge is 2.37. The van der Waals surface area contributed by atoms with Crippen LogP contribution in [-0.4, -0.2) is 35.0 Å². The zero-order valence-electron chi connectivity index (χ0n) is 18.2. The first kappa shape index (κ1) is 21.9. The molecule has 2 aromatic rings. The Bertz CT molecular complexity index is 1080. The SMILES string of the molecule is COC(=O)C1=C(C)N(CC(C)C)C(=O)C1=Cc1cc(C)n(-c2cccc(Cl)c2)c1C. The lowest BCUT2D eigenvalue weighted by Crippen LogP contribution is -2.28. The van der Waals surface area contributed by atoms with E-state index in [-0.39, 0.29) is 11.8 Å². The van der Waals surface area contributed by atoms with E-state index in [1.54, 1.807) is 17.9 Å². The number of aryl methyl sites for hydroxylation is 1. The van der Waals surface area contributed by atoms with Crippen molar-refractivity contribution in [3.63, 3.8) is 0 Å². The molecule has 2 heterocycles. The number of allylic oxidation sites excluding steroid dienone is 1. The summed E-state index contributed by atoms with van der Waals surface area (Å²) in [6.07, 6.45) is 1.79. The largest absolute Gasteiger partial charge is 0.465 e. The van der Waals surface area contributed by atoms with E-state index in [1.165, 1.54) is 7.11 Å². The van der Waals surface area contributed by atoms with Crippen molar-refractivity contribution >= 4 is 29.6 Å². The van der Waals surface area contributed by atoms with Gasteiger partial charge in [-0.1, -0.05) is 31.5 Å². The summed E-state index contributed by atoms with van der Waals surface area (Å²) in [5, 5.41) is 0.654. The summed E-state index contributed by atoms with van der Waals surface area (Å²) in [7, 11) is 1.33. The molecule has 0 atom stereocenters. The van der Waals surface area contributed by atoms with Crippen molar-refractivity contribution < 1.29 is 14.3 Å². The van der Waals surface area contributed by atoms with Crippen molar-refractivity contribution in [1.29, 1.82) is 0 Å². The Morgan fingerprint density at radius 3 is 2.50 bits per heavy atom. The summed E-state index contributed by atoms with van der Waals surface area (Å²) >= 11 is 6.17. The fourth-order valence-electron chi connectivity index (χ4n) is 3.91. The second-order valence-corrected chi connectivity index (χ2v) is 8.40. The highest BCUT2D eigenvalue weighted by Crippen LogP contribution is 2.33. The van der Waals surface area contributed by atoms with Crippen molar-refractivity contribution in [3.8, 4) is 5.69 Å². The van der Waals surface area contributed by atoms with Crippen LogP contribution in [0.5, 0.6) is 0 Å². The van der Waals surface area contributed by atoms with E-state index in [1.807, 2.05) is 58.0 Å². The van der Waals surface area contributed by atoms with Gasteiger partial charge >= 0.3 is 5.97 Å². The minimum absolute atomic E-state index is 0.172. The number of ether oxygens (including phenoxy) is 1. The smallest absolute Gasteiger partial charge is 0.340 e. The number of halogens is 1. The maximum absolute atomic E-state index is 13.2. The monoisotopic (exact) mass is 426 g/mol. The van der Waals surface area contributed by atoms with Crippen molar-refractivity contribution in [2.75, 3.05) is 13.7 Å². The van der Waals surface area contributed by atoms with Crippen LogP contribution >= 0.6 is 11.6 Å². The molecule has 1 aromatic heterocycles. The molecule has 0 saturated heterocycles. The van der Waals surface area contributed by atoms with Crippen molar-refractivity contribution in [1.82, 2.24) is 9.47 Å². The van der Waals surface area contributed by atoms with Gasteiger partial charge < -0.3 is 14.2 Å². The molecule has 5 nitrogen and oxygen atoms in total. The van der Waals surface area contributed by atoms with E-state index < -0.39 is 5.97 Å². The number of carbonyl (C=O) groups excluding carboxylic acids is 2. The first-order valence-corrected chi connectivity index (χ1v) is 10.3. The second kappa shape index (κ2) is 8.52. The minimum Gasteiger partial charge on any atom is -0.465 e. The van der Waals surface area contributed by atoms with Crippen LogP contribution in [0.3, 0.4) is 0 Å². The molecule has 0 bridgehead atoms. The minimum atomic E-state index is -0.498. The van der Waals surface area contributed by atoms with Gasteiger partial charge in [-0.05, 0) is 62.6 Å². The van der Waals surface area contributed by atoms with Gasteiger partial charge in [0.2, 0.25) is 0 Å². The van der Waals surface area contributed by atoms with Crippen molar-refractivity contribution in [2.24, 2.45) is 5.92 Å². The molecule has 0 unspecified atom stereocenters. The van der Waals surface area contributed by atoms with Gasteiger partial charge in [0.25, 0.3) is 5.91 Å². The lowest BCUT2D eigenvalue weighted by molar-refractivity contribution is -0.136. The van der Waals surface area contributed by atoms with Crippen LogP contribution < -0.4 is 0 Å². The summed E-state index contributed by atoms with van der Waals surface area (Å²) < 4.78 is 7.06. The van der Waals surface area contributed by atoms with E-state index in [9.17, 15) is 9.59 Å². The average molecular weight is 427 g/mol. The Hall–Kier alpha value is -2.79. The van der Waals surface area contributed by atoms with Gasteiger partial charge in [-0.15, -0.1) is 0 Å². The van der Waals surface area contributed by atoms with Gasteiger partial charge in [0.05, 0.1) is 18.3 Å². The quantitative estimate of drug-likeness (QED) is 0.495. The molecule has 1 aromatic carbocycles. The van der Waals surface area contributed by atoms with Gasteiger partial charge in [0.1, 0.15) is 0 Å². The van der Waals surface area contributed by atoms with Crippen LogP contribution in [0, 0.1) is 19.8 Å². The fraction of sp³-hybridized carbons (Fsp3) is 0.333.